The first-order chi connectivity index (χ1) is 9.89. The first kappa shape index (κ1) is 19.7. The fraction of sp³-hybridized carbons (Fsp3) is 0.700. The Morgan fingerprint density at radius 3 is 1.73 bits per heavy atom. The smallest absolute Gasteiger partial charge is 0.0718 e. The average molecular weight is 322 g/mol. The maximum absolute atomic E-state index is 5.43. The number of benzene rings is 1. The monoisotopic (exact) mass is 322 g/mol. The van der Waals surface area contributed by atoms with E-state index in [1.165, 1.54) is 28.4 Å². The highest BCUT2D eigenvalue weighted by molar-refractivity contribution is 7.60. The molecule has 22 heavy (non-hydrogen) atoms. The minimum Gasteiger partial charge on any atom is -0.380 e. The van der Waals surface area contributed by atoms with Crippen LogP contribution in [0.25, 0.3) is 0 Å². The standard InChI is InChI=1S/C20H35OP/c1-14-11-15(2)18(16(3)17(14)12-21-10)13-22(19(4,5)6)20(7,8)9/h11H,12-13H2,1-10H3. The van der Waals surface area contributed by atoms with Gasteiger partial charge in [-0.15, -0.1) is 0 Å². The Morgan fingerprint density at radius 2 is 1.32 bits per heavy atom. The van der Waals surface area contributed by atoms with Gasteiger partial charge in [-0.2, -0.15) is 0 Å². The predicted molar refractivity (Wildman–Crippen MR) is 101 cm³/mol. The quantitative estimate of drug-likeness (QED) is 0.588. The zero-order chi connectivity index (χ0) is 17.3. The minimum absolute atomic E-state index is 0.124. The summed E-state index contributed by atoms with van der Waals surface area (Å²) in [5.74, 6) is 0. The van der Waals surface area contributed by atoms with Crippen molar-refractivity contribution in [3.63, 3.8) is 0 Å². The molecule has 0 aromatic heterocycles. The number of ether oxygens (including phenoxy) is 1. The van der Waals surface area contributed by atoms with E-state index in [-0.39, 0.29) is 7.92 Å². The molecule has 0 heterocycles. The lowest BCUT2D eigenvalue weighted by atomic mass is 9.95. The number of methoxy groups -OCH3 is 1. The fourth-order valence-corrected chi connectivity index (χ4v) is 7.28. The lowest BCUT2D eigenvalue weighted by Crippen LogP contribution is -2.26. The summed E-state index contributed by atoms with van der Waals surface area (Å²) in [5, 5.41) is 0.720. The zero-order valence-corrected chi connectivity index (χ0v) is 17.2. The van der Waals surface area contributed by atoms with Crippen LogP contribution in [0.3, 0.4) is 0 Å². The third-order valence-corrected chi connectivity index (χ3v) is 8.39. The second-order valence-corrected chi connectivity index (χ2v) is 12.3. The van der Waals surface area contributed by atoms with E-state index < -0.39 is 0 Å². The molecule has 0 aliphatic carbocycles. The van der Waals surface area contributed by atoms with Gasteiger partial charge in [0, 0.05) is 7.11 Å². The van der Waals surface area contributed by atoms with Gasteiger partial charge >= 0.3 is 0 Å². The van der Waals surface area contributed by atoms with Crippen molar-refractivity contribution in [1.82, 2.24) is 0 Å². The molecule has 0 aliphatic rings. The summed E-state index contributed by atoms with van der Waals surface area (Å²) in [6.07, 6.45) is 1.21. The van der Waals surface area contributed by atoms with Crippen LogP contribution in [-0.2, 0) is 17.5 Å². The van der Waals surface area contributed by atoms with Crippen molar-refractivity contribution < 1.29 is 4.74 Å². The molecule has 0 radical (unpaired) electrons. The van der Waals surface area contributed by atoms with Gasteiger partial charge in [-0.1, -0.05) is 55.5 Å². The molecule has 0 amide bonds. The number of rotatable bonds is 4. The third kappa shape index (κ3) is 4.56. The summed E-state index contributed by atoms with van der Waals surface area (Å²) in [4.78, 5) is 0. The van der Waals surface area contributed by atoms with Crippen LogP contribution in [0, 0.1) is 20.8 Å². The topological polar surface area (TPSA) is 9.23 Å². The summed E-state index contributed by atoms with van der Waals surface area (Å²) in [6.45, 7) is 21.9. The summed E-state index contributed by atoms with van der Waals surface area (Å²) in [7, 11) is 1.66. The van der Waals surface area contributed by atoms with E-state index in [2.05, 4.69) is 68.4 Å². The molecule has 0 fully saturated rings. The van der Waals surface area contributed by atoms with Gasteiger partial charge < -0.3 is 4.74 Å². The molecule has 0 spiro atoms. The van der Waals surface area contributed by atoms with Crippen LogP contribution >= 0.6 is 7.92 Å². The van der Waals surface area contributed by atoms with Gasteiger partial charge in [-0.25, -0.2) is 0 Å². The minimum atomic E-state index is -0.124. The van der Waals surface area contributed by atoms with Crippen molar-refractivity contribution in [2.24, 2.45) is 0 Å². The van der Waals surface area contributed by atoms with Gasteiger partial charge in [-0.05, 0) is 65.1 Å². The van der Waals surface area contributed by atoms with Crippen molar-refractivity contribution >= 4 is 7.92 Å². The molecule has 0 saturated heterocycles. The van der Waals surface area contributed by atoms with Crippen molar-refractivity contribution in [1.29, 1.82) is 0 Å². The Labute approximate surface area is 139 Å². The molecule has 0 saturated carbocycles. The molecule has 0 aliphatic heterocycles. The van der Waals surface area contributed by atoms with E-state index in [0.717, 1.165) is 0 Å². The number of aryl methyl sites for hydroxylation is 2. The first-order valence-electron chi connectivity index (χ1n) is 8.24. The van der Waals surface area contributed by atoms with E-state index >= 15 is 0 Å². The molecule has 1 aromatic rings. The van der Waals surface area contributed by atoms with Crippen molar-refractivity contribution in [2.45, 2.75) is 85.4 Å². The number of hydrogen-bond donors (Lipinski definition) is 0. The maximum Gasteiger partial charge on any atom is 0.0718 e. The second-order valence-electron chi connectivity index (χ2n) is 8.45. The van der Waals surface area contributed by atoms with E-state index in [1.807, 2.05) is 0 Å². The Kier molecular flexibility index (Phi) is 6.27. The molecule has 1 rings (SSSR count). The molecule has 2 heteroatoms. The molecule has 0 bridgehead atoms. The van der Waals surface area contributed by atoms with Crippen LogP contribution in [0.5, 0.6) is 0 Å². The Hall–Kier alpha value is -0.390. The van der Waals surface area contributed by atoms with Gasteiger partial charge in [0.05, 0.1) is 6.61 Å². The highest BCUT2D eigenvalue weighted by atomic mass is 31.1. The highest BCUT2D eigenvalue weighted by Gasteiger charge is 2.34. The van der Waals surface area contributed by atoms with Crippen LogP contribution in [0.15, 0.2) is 6.07 Å². The summed E-state index contributed by atoms with van der Waals surface area (Å²) < 4.78 is 5.43. The summed E-state index contributed by atoms with van der Waals surface area (Å²) in [6, 6.07) is 2.34. The Balaban J connectivity index is 3.34. The van der Waals surface area contributed by atoms with Gasteiger partial charge in [-0.3, -0.25) is 0 Å². The van der Waals surface area contributed by atoms with E-state index in [9.17, 15) is 0 Å². The summed E-state index contributed by atoms with van der Waals surface area (Å²) in [5.41, 5.74) is 7.17. The summed E-state index contributed by atoms with van der Waals surface area (Å²) >= 11 is 0. The maximum atomic E-state index is 5.43. The van der Waals surface area contributed by atoms with Gasteiger partial charge in [0.1, 0.15) is 0 Å². The fourth-order valence-electron chi connectivity index (χ4n) is 3.52. The largest absolute Gasteiger partial charge is 0.380 e. The van der Waals surface area contributed by atoms with Gasteiger partial charge in [0.15, 0.2) is 0 Å². The average Bonchev–Trinajstić information content (AvgIpc) is 2.30. The first-order valence-corrected chi connectivity index (χ1v) is 9.77. The molecule has 0 N–H and O–H groups in total. The Morgan fingerprint density at radius 1 is 0.864 bits per heavy atom. The molecule has 0 unspecified atom stereocenters. The number of hydrogen-bond acceptors (Lipinski definition) is 1. The third-order valence-electron chi connectivity index (χ3n) is 4.51. The van der Waals surface area contributed by atoms with E-state index in [4.69, 9.17) is 4.74 Å². The van der Waals surface area contributed by atoms with Crippen LogP contribution in [0.4, 0.5) is 0 Å². The normalized spacial score (nSPS) is 13.0. The lowest BCUT2D eigenvalue weighted by molar-refractivity contribution is 0.184. The highest BCUT2D eigenvalue weighted by Crippen LogP contribution is 2.61. The molecule has 126 valence electrons. The molecular formula is C20H35OP. The van der Waals surface area contributed by atoms with E-state index in [1.54, 1.807) is 12.7 Å². The van der Waals surface area contributed by atoms with Crippen molar-refractivity contribution in [3.8, 4) is 0 Å². The van der Waals surface area contributed by atoms with Gasteiger partial charge in [0.2, 0.25) is 0 Å². The SMILES string of the molecule is COCc1c(C)cc(C)c(CP(C(C)(C)C)C(C)(C)C)c1C. The Bertz CT molecular complexity index is 504. The molecular weight excluding hydrogens is 287 g/mol. The van der Waals surface area contributed by atoms with Crippen LogP contribution in [-0.4, -0.2) is 17.4 Å². The molecule has 1 aromatic carbocycles. The van der Waals surface area contributed by atoms with Crippen LogP contribution < -0.4 is 0 Å². The van der Waals surface area contributed by atoms with Gasteiger partial charge in [0.25, 0.3) is 0 Å². The van der Waals surface area contributed by atoms with Crippen molar-refractivity contribution in [2.75, 3.05) is 7.11 Å². The van der Waals surface area contributed by atoms with Crippen LogP contribution in [0.1, 0.15) is 69.4 Å². The molecule has 1 nitrogen and oxygen atoms in total. The molecule has 0 atom stereocenters. The predicted octanol–water partition coefficient (Wildman–Crippen LogP) is 6.34. The lowest BCUT2D eigenvalue weighted by Gasteiger charge is -2.42. The van der Waals surface area contributed by atoms with Crippen molar-refractivity contribution in [3.05, 3.63) is 33.9 Å². The van der Waals surface area contributed by atoms with E-state index in [0.29, 0.717) is 16.9 Å². The second kappa shape index (κ2) is 7.02. The van der Waals surface area contributed by atoms with Crippen LogP contribution in [0.2, 0.25) is 0 Å². The zero-order valence-electron chi connectivity index (χ0n) is 16.3.